The molecule has 1 saturated carbocycles. The highest BCUT2D eigenvalue weighted by Crippen LogP contribution is 2.46. The van der Waals surface area contributed by atoms with Crippen LogP contribution in [0.25, 0.3) is 22.4 Å². The summed E-state index contributed by atoms with van der Waals surface area (Å²) in [5.74, 6) is 0.843. The number of hydrogen-bond acceptors (Lipinski definition) is 5. The molecule has 0 unspecified atom stereocenters. The van der Waals surface area contributed by atoms with E-state index in [1.807, 2.05) is 37.3 Å². The van der Waals surface area contributed by atoms with Crippen molar-refractivity contribution in [2.45, 2.75) is 51.9 Å². The molecule has 3 aromatic rings. The van der Waals surface area contributed by atoms with Crippen molar-refractivity contribution < 1.29 is 17.6 Å². The number of furan rings is 1. The third kappa shape index (κ3) is 4.76. The average molecular weight is 470 g/mol. The second-order valence-electron chi connectivity index (χ2n) is 8.82. The van der Waals surface area contributed by atoms with E-state index in [9.17, 15) is 13.2 Å². The SMILES string of the molecule is CCCCCN(c1nc2oc(-c3ccc(C)cc3)c(C(=O)NC)c2cc1C1CC1)S(C)(=O)=O. The first-order chi connectivity index (χ1) is 15.7. The van der Waals surface area contributed by atoms with Gasteiger partial charge in [-0.25, -0.2) is 8.42 Å². The largest absolute Gasteiger partial charge is 0.437 e. The lowest BCUT2D eigenvalue weighted by Gasteiger charge is -2.23. The predicted molar refractivity (Wildman–Crippen MR) is 131 cm³/mol. The van der Waals surface area contributed by atoms with Gasteiger partial charge in [0.2, 0.25) is 15.7 Å². The summed E-state index contributed by atoms with van der Waals surface area (Å²) in [7, 11) is -1.94. The highest BCUT2D eigenvalue weighted by Gasteiger charge is 2.34. The summed E-state index contributed by atoms with van der Waals surface area (Å²) in [5.41, 5.74) is 3.44. The molecular weight excluding hydrogens is 438 g/mol. The van der Waals surface area contributed by atoms with E-state index in [-0.39, 0.29) is 17.5 Å². The minimum atomic E-state index is -3.53. The van der Waals surface area contributed by atoms with E-state index < -0.39 is 10.0 Å². The lowest BCUT2D eigenvalue weighted by atomic mass is 10.0. The van der Waals surface area contributed by atoms with Crippen molar-refractivity contribution in [2.24, 2.45) is 0 Å². The maximum atomic E-state index is 12.9. The molecule has 176 valence electrons. The highest BCUT2D eigenvalue weighted by molar-refractivity contribution is 7.92. The Balaban J connectivity index is 1.93. The van der Waals surface area contributed by atoms with Gasteiger partial charge in [0.1, 0.15) is 11.6 Å². The number of anilines is 1. The van der Waals surface area contributed by atoms with Crippen molar-refractivity contribution in [3.05, 3.63) is 47.0 Å². The number of aryl methyl sites for hydroxylation is 1. The minimum absolute atomic E-state index is 0.239. The average Bonchev–Trinajstić information content (AvgIpc) is 3.55. The van der Waals surface area contributed by atoms with Gasteiger partial charge in [-0.1, -0.05) is 49.6 Å². The zero-order valence-corrected chi connectivity index (χ0v) is 20.5. The number of nitrogens with one attached hydrogen (secondary N) is 1. The first-order valence-electron chi connectivity index (χ1n) is 11.5. The Morgan fingerprint density at radius 1 is 1.21 bits per heavy atom. The molecule has 0 radical (unpaired) electrons. The van der Waals surface area contributed by atoms with Crippen LogP contribution in [-0.4, -0.2) is 39.2 Å². The molecular formula is C25H31N3O4S. The standard InChI is InChI=1S/C25H31N3O4S/c1-5-6-7-14-28(33(4,30)31)23-19(17-12-13-17)15-20-21(24(29)26-3)22(32-25(20)27-23)18-10-8-16(2)9-11-18/h8-11,15,17H,5-7,12-14H2,1-4H3,(H,26,29). The molecule has 0 atom stereocenters. The second-order valence-corrected chi connectivity index (χ2v) is 10.7. The number of hydrogen-bond donors (Lipinski definition) is 1. The Hall–Kier alpha value is -2.87. The number of sulfonamides is 1. The van der Waals surface area contributed by atoms with E-state index in [1.165, 1.54) is 10.6 Å². The third-order valence-corrected chi connectivity index (χ3v) is 7.23. The Kier molecular flexibility index (Phi) is 6.47. The molecule has 1 amide bonds. The van der Waals surface area contributed by atoms with Gasteiger partial charge in [-0.3, -0.25) is 9.10 Å². The molecule has 0 saturated heterocycles. The van der Waals surface area contributed by atoms with E-state index in [4.69, 9.17) is 9.40 Å². The van der Waals surface area contributed by atoms with Gasteiger partial charge in [0.25, 0.3) is 5.91 Å². The fraction of sp³-hybridized carbons (Fsp3) is 0.440. The van der Waals surface area contributed by atoms with Gasteiger partial charge in [0.15, 0.2) is 0 Å². The van der Waals surface area contributed by atoms with E-state index in [2.05, 4.69) is 12.2 Å². The molecule has 1 aliphatic carbocycles. The molecule has 7 nitrogen and oxygen atoms in total. The number of nitrogens with zero attached hydrogens (tertiary/aromatic N) is 2. The monoisotopic (exact) mass is 469 g/mol. The number of fused-ring (bicyclic) bond motifs is 1. The smallest absolute Gasteiger partial charge is 0.255 e. The topological polar surface area (TPSA) is 92.5 Å². The molecule has 0 aliphatic heterocycles. The molecule has 1 fully saturated rings. The second kappa shape index (κ2) is 9.17. The van der Waals surface area contributed by atoms with Crippen LogP contribution >= 0.6 is 0 Å². The van der Waals surface area contributed by atoms with Gasteiger partial charge < -0.3 is 9.73 Å². The molecule has 1 aliphatic rings. The van der Waals surface area contributed by atoms with Crippen molar-refractivity contribution in [1.82, 2.24) is 10.3 Å². The lowest BCUT2D eigenvalue weighted by Crippen LogP contribution is -2.32. The van der Waals surface area contributed by atoms with Crippen molar-refractivity contribution in [2.75, 3.05) is 24.2 Å². The molecule has 0 spiro atoms. The van der Waals surface area contributed by atoms with Crippen molar-refractivity contribution in [1.29, 1.82) is 0 Å². The summed E-state index contributed by atoms with van der Waals surface area (Å²) in [4.78, 5) is 17.6. The molecule has 0 bridgehead atoms. The van der Waals surface area contributed by atoms with Crippen LogP contribution in [0.5, 0.6) is 0 Å². The fourth-order valence-corrected chi connectivity index (χ4v) is 5.04. The van der Waals surface area contributed by atoms with Crippen LogP contribution in [0.4, 0.5) is 5.82 Å². The minimum Gasteiger partial charge on any atom is -0.437 e. The zero-order valence-electron chi connectivity index (χ0n) is 19.6. The highest BCUT2D eigenvalue weighted by atomic mass is 32.2. The van der Waals surface area contributed by atoms with Crippen molar-refractivity contribution in [3.63, 3.8) is 0 Å². The summed E-state index contributed by atoms with van der Waals surface area (Å²) in [6.07, 6.45) is 5.86. The Labute approximate surface area is 195 Å². The molecule has 2 aromatic heterocycles. The quantitative estimate of drug-likeness (QED) is 0.445. The molecule has 33 heavy (non-hydrogen) atoms. The zero-order chi connectivity index (χ0) is 23.8. The van der Waals surface area contributed by atoms with Crippen LogP contribution in [0.1, 0.15) is 66.4 Å². The van der Waals surface area contributed by atoms with Crippen LogP contribution in [0, 0.1) is 6.92 Å². The number of amides is 1. The number of benzene rings is 1. The van der Waals surface area contributed by atoms with Gasteiger partial charge >= 0.3 is 0 Å². The number of pyridine rings is 1. The Morgan fingerprint density at radius 3 is 2.48 bits per heavy atom. The number of carbonyl (C=O) groups is 1. The van der Waals surface area contributed by atoms with Gasteiger partial charge in [0, 0.05) is 19.2 Å². The van der Waals surface area contributed by atoms with Crippen LogP contribution < -0.4 is 9.62 Å². The maximum Gasteiger partial charge on any atom is 0.255 e. The Morgan fingerprint density at radius 2 is 1.91 bits per heavy atom. The van der Waals surface area contributed by atoms with E-state index in [1.54, 1.807) is 7.05 Å². The summed E-state index contributed by atoms with van der Waals surface area (Å²) in [6, 6.07) is 9.66. The maximum absolute atomic E-state index is 12.9. The van der Waals surface area contributed by atoms with Crippen LogP contribution in [0.3, 0.4) is 0 Å². The van der Waals surface area contributed by atoms with Crippen LogP contribution in [0.15, 0.2) is 34.7 Å². The van der Waals surface area contributed by atoms with Gasteiger partial charge in [0.05, 0.1) is 17.2 Å². The summed E-state index contributed by atoms with van der Waals surface area (Å²) < 4.78 is 33.0. The number of rotatable bonds is 9. The lowest BCUT2D eigenvalue weighted by molar-refractivity contribution is 0.0964. The van der Waals surface area contributed by atoms with Gasteiger partial charge in [-0.2, -0.15) is 4.98 Å². The van der Waals surface area contributed by atoms with Crippen LogP contribution in [0.2, 0.25) is 0 Å². The van der Waals surface area contributed by atoms with E-state index in [0.29, 0.717) is 29.1 Å². The van der Waals surface area contributed by atoms with E-state index >= 15 is 0 Å². The van der Waals surface area contributed by atoms with Gasteiger partial charge in [-0.15, -0.1) is 0 Å². The molecule has 4 rings (SSSR count). The molecule has 2 heterocycles. The Bertz CT molecular complexity index is 1280. The number of unbranched alkanes of at least 4 members (excludes halogenated alkanes) is 2. The first kappa shape index (κ1) is 23.3. The molecule has 1 N–H and O–H groups in total. The fourth-order valence-electron chi connectivity index (χ4n) is 4.12. The normalized spacial score (nSPS) is 13.9. The predicted octanol–water partition coefficient (Wildman–Crippen LogP) is 5.00. The van der Waals surface area contributed by atoms with Crippen molar-refractivity contribution in [3.8, 4) is 11.3 Å². The number of carbonyl (C=O) groups excluding carboxylic acids is 1. The molecule has 8 heteroatoms. The first-order valence-corrected chi connectivity index (χ1v) is 13.3. The van der Waals surface area contributed by atoms with Crippen molar-refractivity contribution >= 4 is 32.8 Å². The number of aromatic nitrogens is 1. The van der Waals surface area contributed by atoms with Crippen LogP contribution in [-0.2, 0) is 10.0 Å². The van der Waals surface area contributed by atoms with E-state index in [0.717, 1.165) is 48.8 Å². The summed E-state index contributed by atoms with van der Waals surface area (Å²) >= 11 is 0. The third-order valence-electron chi connectivity index (χ3n) is 6.08. The summed E-state index contributed by atoms with van der Waals surface area (Å²) in [5, 5.41) is 3.32. The molecule has 1 aromatic carbocycles. The van der Waals surface area contributed by atoms with Gasteiger partial charge in [-0.05, 0) is 43.7 Å². The summed E-state index contributed by atoms with van der Waals surface area (Å²) in [6.45, 7) is 4.45.